The largest absolute Gasteiger partial charge is 0.456 e. The fraction of sp³-hybridized carbons (Fsp3) is 0.0154. The van der Waals surface area contributed by atoms with Gasteiger partial charge in [0.15, 0.2) is 5.76 Å². The van der Waals surface area contributed by atoms with Crippen LogP contribution in [0, 0.1) is 0 Å². The smallest absolute Gasteiger partial charge is 0.179 e. The van der Waals surface area contributed by atoms with Crippen molar-refractivity contribution in [2.24, 2.45) is 9.98 Å². The third-order valence-corrected chi connectivity index (χ3v) is 14.0. The van der Waals surface area contributed by atoms with E-state index in [2.05, 4.69) is 198 Å². The van der Waals surface area contributed by atoms with Gasteiger partial charge in [-0.3, -0.25) is 9.98 Å². The molecule has 0 N–H and O–H groups in total. The third kappa shape index (κ3) is 6.64. The maximum absolute atomic E-state index is 6.83. The summed E-state index contributed by atoms with van der Waals surface area (Å²) in [7, 11) is 0. The summed E-state index contributed by atoms with van der Waals surface area (Å²) >= 11 is 0. The van der Waals surface area contributed by atoms with E-state index in [1.165, 1.54) is 16.3 Å². The lowest BCUT2D eigenvalue weighted by atomic mass is 9.97. The van der Waals surface area contributed by atoms with Crippen LogP contribution in [0.25, 0.3) is 110 Å². The molecule has 10 aromatic carbocycles. The first kappa shape index (κ1) is 40.5. The predicted molar refractivity (Wildman–Crippen MR) is 292 cm³/mol. The normalized spacial score (nSPS) is 13.8. The molecule has 14 rings (SSSR count). The van der Waals surface area contributed by atoms with E-state index in [0.717, 1.165) is 117 Å². The van der Waals surface area contributed by atoms with Gasteiger partial charge in [0.1, 0.15) is 39.5 Å². The van der Waals surface area contributed by atoms with Crippen LogP contribution in [0.5, 0.6) is 5.75 Å². The van der Waals surface area contributed by atoms with E-state index < -0.39 is 0 Å². The van der Waals surface area contributed by atoms with Crippen LogP contribution in [0.2, 0.25) is 0 Å². The summed E-state index contributed by atoms with van der Waals surface area (Å²) in [5, 5.41) is 6.80. The summed E-state index contributed by atoms with van der Waals surface area (Å²) in [5.41, 5.74) is 17.7. The van der Waals surface area contributed by atoms with Gasteiger partial charge in [0.25, 0.3) is 0 Å². The Labute approximate surface area is 408 Å². The summed E-state index contributed by atoms with van der Waals surface area (Å²) in [6.07, 6.45) is 0. The van der Waals surface area contributed by atoms with Crippen LogP contribution >= 0.6 is 0 Å². The number of hydrogen-bond acceptors (Lipinski definition) is 5. The number of aliphatic imine (C=N–C) groups is 2. The standard InChI is InChI=1S/C65H41N3O3/c1-66-63(43-31-29-42(30-32-43)48-19-12-24-60-62(48)51-17-7-10-22-57(51)70-60)65-64(67-39-40-25-27-41(28-26-40)47-18-11-23-59-61(47)50-16-6-9-21-56(50)69-59)53-38-45(34-36-58(53)71-65)44-33-35-55-52(37-44)49-15-5-8-20-54(49)68(55)46-13-3-2-4-14-46/h2-38H,1,39H2/b65-63+,67-64-. The van der Waals surface area contributed by atoms with Gasteiger partial charge < -0.3 is 18.1 Å². The predicted octanol–water partition coefficient (Wildman–Crippen LogP) is 17.0. The van der Waals surface area contributed by atoms with Crippen LogP contribution < -0.4 is 4.74 Å². The molecule has 0 spiro atoms. The molecule has 4 heterocycles. The second kappa shape index (κ2) is 16.3. The molecule has 3 aromatic heterocycles. The monoisotopic (exact) mass is 911 g/mol. The highest BCUT2D eigenvalue weighted by atomic mass is 16.5. The Morgan fingerprint density at radius 1 is 0.437 bits per heavy atom. The van der Waals surface area contributed by atoms with Gasteiger partial charge in [-0.05, 0) is 112 Å². The number of benzene rings is 10. The van der Waals surface area contributed by atoms with Gasteiger partial charge in [0.05, 0.1) is 17.6 Å². The lowest BCUT2D eigenvalue weighted by Crippen LogP contribution is -2.05. The van der Waals surface area contributed by atoms with Crippen molar-refractivity contribution in [1.29, 1.82) is 0 Å². The number of allylic oxidation sites excluding steroid dienone is 1. The Hall–Kier alpha value is -9.52. The first-order chi connectivity index (χ1) is 35.1. The van der Waals surface area contributed by atoms with Crippen molar-refractivity contribution in [2.75, 3.05) is 0 Å². The Balaban J connectivity index is 0.868. The first-order valence-electron chi connectivity index (χ1n) is 23.8. The lowest BCUT2D eigenvalue weighted by Gasteiger charge is -2.10. The zero-order valence-electron chi connectivity index (χ0n) is 38.3. The molecule has 71 heavy (non-hydrogen) atoms. The molecule has 0 amide bonds. The second-order valence-corrected chi connectivity index (χ2v) is 18.1. The molecule has 0 unspecified atom stereocenters. The van der Waals surface area contributed by atoms with E-state index in [-0.39, 0.29) is 0 Å². The molecular formula is C65H41N3O3. The average molecular weight is 912 g/mol. The first-order valence-corrected chi connectivity index (χ1v) is 23.8. The SMILES string of the molecule is C=N/C(=C1/Oc2ccc(-c3ccc4c(c3)c3ccccc3n4-c3ccccc3)cc2/C1=N/Cc1ccc(-c2cccc3oc4ccccc4c23)cc1)c1ccc(-c2cccc3oc4ccccc4c23)cc1. The topological polar surface area (TPSA) is 65.2 Å². The number of aromatic nitrogens is 1. The minimum Gasteiger partial charge on any atom is -0.456 e. The maximum atomic E-state index is 6.83. The molecule has 0 aliphatic carbocycles. The molecule has 6 heteroatoms. The Bertz CT molecular complexity index is 4340. The lowest BCUT2D eigenvalue weighted by molar-refractivity contribution is 0.470. The summed E-state index contributed by atoms with van der Waals surface area (Å²) in [6.45, 7) is 4.52. The number of rotatable bonds is 8. The fourth-order valence-electron chi connectivity index (χ4n) is 10.7. The summed E-state index contributed by atoms with van der Waals surface area (Å²) in [6, 6.07) is 78.3. The number of fused-ring (bicyclic) bond motifs is 10. The second-order valence-electron chi connectivity index (χ2n) is 18.1. The zero-order valence-corrected chi connectivity index (χ0v) is 38.3. The van der Waals surface area contributed by atoms with Crippen molar-refractivity contribution in [3.63, 3.8) is 0 Å². The third-order valence-electron chi connectivity index (χ3n) is 14.0. The molecular weight excluding hydrogens is 871 g/mol. The van der Waals surface area contributed by atoms with E-state index in [0.29, 0.717) is 18.0 Å². The van der Waals surface area contributed by atoms with Gasteiger partial charge in [-0.2, -0.15) is 0 Å². The van der Waals surface area contributed by atoms with Gasteiger partial charge in [-0.1, -0.05) is 158 Å². The molecule has 13 aromatic rings. The number of nitrogens with zero attached hydrogens (tertiary/aromatic N) is 3. The zero-order chi connectivity index (χ0) is 47.0. The summed E-state index contributed by atoms with van der Waals surface area (Å²) in [4.78, 5) is 10.1. The Morgan fingerprint density at radius 3 is 1.66 bits per heavy atom. The van der Waals surface area contributed by atoms with E-state index in [1.54, 1.807) is 0 Å². The molecule has 0 fully saturated rings. The van der Waals surface area contributed by atoms with Crippen LogP contribution in [0.3, 0.4) is 0 Å². The summed E-state index contributed by atoms with van der Waals surface area (Å²) in [5.74, 6) is 1.29. The van der Waals surface area contributed by atoms with Crippen molar-refractivity contribution >= 4 is 83.8 Å². The highest BCUT2D eigenvalue weighted by molar-refractivity contribution is 6.20. The molecule has 0 saturated carbocycles. The van der Waals surface area contributed by atoms with Gasteiger partial charge >= 0.3 is 0 Å². The van der Waals surface area contributed by atoms with Gasteiger partial charge in [-0.25, -0.2) is 0 Å². The van der Waals surface area contributed by atoms with Crippen molar-refractivity contribution in [3.8, 4) is 44.8 Å². The molecule has 334 valence electrons. The quantitative estimate of drug-likeness (QED) is 0.143. The van der Waals surface area contributed by atoms with Crippen LogP contribution in [0.15, 0.2) is 249 Å². The Kier molecular flexibility index (Phi) is 9.32. The highest BCUT2D eigenvalue weighted by Crippen LogP contribution is 2.43. The van der Waals surface area contributed by atoms with Crippen molar-refractivity contribution in [2.45, 2.75) is 6.54 Å². The fourth-order valence-corrected chi connectivity index (χ4v) is 10.7. The average Bonchev–Trinajstić information content (AvgIpc) is 4.20. The van der Waals surface area contributed by atoms with Crippen LogP contribution in [0.4, 0.5) is 0 Å². The molecule has 0 radical (unpaired) electrons. The van der Waals surface area contributed by atoms with Crippen molar-refractivity contribution in [3.05, 3.63) is 247 Å². The van der Waals surface area contributed by atoms with Crippen LogP contribution in [-0.2, 0) is 6.54 Å². The van der Waals surface area contributed by atoms with Gasteiger partial charge in [0.2, 0.25) is 0 Å². The Morgan fingerprint density at radius 2 is 0.986 bits per heavy atom. The van der Waals surface area contributed by atoms with E-state index in [1.807, 2.05) is 42.5 Å². The number of ether oxygens (including phenoxy) is 1. The van der Waals surface area contributed by atoms with E-state index >= 15 is 0 Å². The number of furan rings is 2. The highest BCUT2D eigenvalue weighted by Gasteiger charge is 2.30. The van der Waals surface area contributed by atoms with Gasteiger partial charge in [0, 0.05) is 49.1 Å². The summed E-state index contributed by atoms with van der Waals surface area (Å²) < 4.78 is 21.6. The molecule has 0 saturated heterocycles. The van der Waals surface area contributed by atoms with E-state index in [4.69, 9.17) is 18.6 Å². The molecule has 0 atom stereocenters. The minimum absolute atomic E-state index is 0.419. The maximum Gasteiger partial charge on any atom is 0.179 e. The van der Waals surface area contributed by atoms with E-state index in [9.17, 15) is 0 Å². The molecule has 1 aliphatic heterocycles. The molecule has 1 aliphatic rings. The minimum atomic E-state index is 0.419. The number of para-hydroxylation sites is 4. The van der Waals surface area contributed by atoms with Crippen LogP contribution in [0.1, 0.15) is 16.7 Å². The molecule has 0 bridgehead atoms. The van der Waals surface area contributed by atoms with Crippen molar-refractivity contribution in [1.82, 2.24) is 4.57 Å². The van der Waals surface area contributed by atoms with Crippen LogP contribution in [-0.4, -0.2) is 17.0 Å². The van der Waals surface area contributed by atoms with Crippen molar-refractivity contribution < 1.29 is 13.6 Å². The number of hydrogen-bond donors (Lipinski definition) is 0. The van der Waals surface area contributed by atoms with Gasteiger partial charge in [-0.15, -0.1) is 0 Å². The molecule has 6 nitrogen and oxygen atoms in total.